The van der Waals surface area contributed by atoms with Gasteiger partial charge in [-0.3, -0.25) is 9.69 Å². The van der Waals surface area contributed by atoms with Crippen molar-refractivity contribution in [1.82, 2.24) is 4.90 Å². The van der Waals surface area contributed by atoms with Crippen LogP contribution < -0.4 is 5.32 Å². The molecule has 0 bridgehead atoms. The number of Topliss-reactive ketones (excluding diaryl/α,β-unsaturated/α-hetero) is 1. The van der Waals surface area contributed by atoms with Crippen molar-refractivity contribution in [3.63, 3.8) is 0 Å². The summed E-state index contributed by atoms with van der Waals surface area (Å²) in [7, 11) is 1.99. The Morgan fingerprint density at radius 1 is 1.19 bits per heavy atom. The van der Waals surface area contributed by atoms with Crippen LogP contribution in [0.3, 0.4) is 0 Å². The van der Waals surface area contributed by atoms with Crippen LogP contribution in [0.15, 0.2) is 48.5 Å². The van der Waals surface area contributed by atoms with Gasteiger partial charge in [0.25, 0.3) is 0 Å². The number of fused-ring (bicyclic) bond motifs is 1. The number of likely N-dealkylation sites (N-methyl/N-ethyl adjacent to an activating group) is 1. The molecule has 0 aromatic heterocycles. The van der Waals surface area contributed by atoms with Crippen LogP contribution in [0.1, 0.15) is 21.5 Å². The summed E-state index contributed by atoms with van der Waals surface area (Å²) in [4.78, 5) is 14.4. The van der Waals surface area contributed by atoms with Crippen LogP contribution in [0.5, 0.6) is 0 Å². The number of carbonyl (C=O) groups is 1. The van der Waals surface area contributed by atoms with E-state index in [1.54, 1.807) is 0 Å². The molecule has 0 atom stereocenters. The van der Waals surface area contributed by atoms with Gasteiger partial charge in [0.15, 0.2) is 5.78 Å². The molecule has 3 heteroatoms. The average Bonchev–Trinajstić information content (AvgIpc) is 2.95. The zero-order valence-corrected chi connectivity index (χ0v) is 12.3. The van der Waals surface area contributed by atoms with Gasteiger partial charge in [-0.15, -0.1) is 0 Å². The fraction of sp³-hybridized carbons (Fsp3) is 0.278. The van der Waals surface area contributed by atoms with Crippen molar-refractivity contribution in [1.29, 1.82) is 0 Å². The molecule has 108 valence electrons. The Labute approximate surface area is 125 Å². The Bertz CT molecular complexity index is 637. The Balaban J connectivity index is 1.63. The molecule has 0 amide bonds. The van der Waals surface area contributed by atoms with Gasteiger partial charge in [-0.25, -0.2) is 0 Å². The van der Waals surface area contributed by atoms with Gasteiger partial charge in [0.2, 0.25) is 0 Å². The lowest BCUT2D eigenvalue weighted by Crippen LogP contribution is -2.25. The van der Waals surface area contributed by atoms with Crippen LogP contribution in [0.4, 0.5) is 5.69 Å². The second-order valence-corrected chi connectivity index (χ2v) is 5.63. The van der Waals surface area contributed by atoms with Crippen LogP contribution in [-0.2, 0) is 13.0 Å². The Morgan fingerprint density at radius 3 is 2.81 bits per heavy atom. The normalized spacial score (nSPS) is 13.0. The van der Waals surface area contributed by atoms with Crippen molar-refractivity contribution in [2.24, 2.45) is 0 Å². The van der Waals surface area contributed by atoms with Gasteiger partial charge in [-0.2, -0.15) is 0 Å². The molecule has 3 rings (SSSR count). The maximum absolute atomic E-state index is 12.4. The SMILES string of the molecule is CN(CC(=O)c1ccc2c(c1)CCN2)Cc1ccccc1. The van der Waals surface area contributed by atoms with Crippen molar-refractivity contribution < 1.29 is 4.79 Å². The van der Waals surface area contributed by atoms with Crippen molar-refractivity contribution in [3.05, 3.63) is 65.2 Å². The van der Waals surface area contributed by atoms with E-state index < -0.39 is 0 Å². The summed E-state index contributed by atoms with van der Waals surface area (Å²) in [5.41, 5.74) is 4.47. The van der Waals surface area contributed by atoms with Crippen molar-refractivity contribution >= 4 is 11.5 Å². The van der Waals surface area contributed by atoms with Crippen LogP contribution in [-0.4, -0.2) is 30.8 Å². The third-order valence-electron chi connectivity index (χ3n) is 3.85. The highest BCUT2D eigenvalue weighted by Gasteiger charge is 2.14. The van der Waals surface area contributed by atoms with Crippen LogP contribution in [0, 0.1) is 0 Å². The van der Waals surface area contributed by atoms with E-state index in [0.717, 1.165) is 25.1 Å². The van der Waals surface area contributed by atoms with Crippen LogP contribution in [0.25, 0.3) is 0 Å². The quantitative estimate of drug-likeness (QED) is 0.855. The maximum Gasteiger partial charge on any atom is 0.176 e. The van der Waals surface area contributed by atoms with E-state index in [4.69, 9.17) is 0 Å². The van der Waals surface area contributed by atoms with E-state index in [-0.39, 0.29) is 5.78 Å². The lowest BCUT2D eigenvalue weighted by Gasteiger charge is -2.16. The smallest absolute Gasteiger partial charge is 0.176 e. The van der Waals surface area contributed by atoms with E-state index in [1.807, 2.05) is 43.4 Å². The lowest BCUT2D eigenvalue weighted by molar-refractivity contribution is 0.0943. The fourth-order valence-corrected chi connectivity index (χ4v) is 2.77. The summed E-state index contributed by atoms with van der Waals surface area (Å²) in [6.07, 6.45) is 1.01. The first-order chi connectivity index (χ1) is 10.2. The lowest BCUT2D eigenvalue weighted by atomic mass is 10.0. The summed E-state index contributed by atoms with van der Waals surface area (Å²) in [6, 6.07) is 16.2. The minimum Gasteiger partial charge on any atom is -0.384 e. The first-order valence-electron chi connectivity index (χ1n) is 7.35. The first-order valence-corrected chi connectivity index (χ1v) is 7.35. The van der Waals surface area contributed by atoms with Gasteiger partial charge in [0, 0.05) is 24.3 Å². The number of hydrogen-bond acceptors (Lipinski definition) is 3. The van der Waals surface area contributed by atoms with Gasteiger partial charge in [-0.05, 0) is 42.8 Å². The molecule has 0 spiro atoms. The summed E-state index contributed by atoms with van der Waals surface area (Å²) < 4.78 is 0. The molecule has 0 saturated heterocycles. The zero-order chi connectivity index (χ0) is 14.7. The van der Waals surface area contributed by atoms with Gasteiger partial charge >= 0.3 is 0 Å². The van der Waals surface area contributed by atoms with E-state index in [9.17, 15) is 4.79 Å². The molecule has 0 fully saturated rings. The molecular weight excluding hydrogens is 260 g/mol. The molecule has 2 aromatic carbocycles. The standard InChI is InChI=1S/C18H20N2O/c1-20(12-14-5-3-2-4-6-14)13-18(21)16-7-8-17-15(11-16)9-10-19-17/h2-8,11,19H,9-10,12-13H2,1H3. The number of anilines is 1. The molecule has 1 heterocycles. The van der Waals surface area contributed by atoms with E-state index in [2.05, 4.69) is 22.3 Å². The van der Waals surface area contributed by atoms with E-state index in [0.29, 0.717) is 6.54 Å². The maximum atomic E-state index is 12.4. The number of benzene rings is 2. The molecule has 2 aromatic rings. The highest BCUT2D eigenvalue weighted by atomic mass is 16.1. The Hall–Kier alpha value is -2.13. The molecule has 0 radical (unpaired) electrons. The number of ketones is 1. The van der Waals surface area contributed by atoms with Crippen molar-refractivity contribution in [2.45, 2.75) is 13.0 Å². The molecule has 0 aliphatic carbocycles. The fourth-order valence-electron chi connectivity index (χ4n) is 2.77. The summed E-state index contributed by atoms with van der Waals surface area (Å²) in [6.45, 7) is 2.21. The zero-order valence-electron chi connectivity index (χ0n) is 12.3. The van der Waals surface area contributed by atoms with Crippen LogP contribution in [0.2, 0.25) is 0 Å². The predicted octanol–water partition coefficient (Wildman–Crippen LogP) is 2.97. The van der Waals surface area contributed by atoms with Gasteiger partial charge in [0.1, 0.15) is 0 Å². The largest absolute Gasteiger partial charge is 0.384 e. The van der Waals surface area contributed by atoms with Gasteiger partial charge in [0.05, 0.1) is 6.54 Å². The summed E-state index contributed by atoms with van der Waals surface area (Å²) in [5.74, 6) is 0.183. The average molecular weight is 280 g/mol. The molecular formula is C18H20N2O. The van der Waals surface area contributed by atoms with E-state index >= 15 is 0 Å². The minimum atomic E-state index is 0.183. The second kappa shape index (κ2) is 6.10. The molecule has 21 heavy (non-hydrogen) atoms. The number of hydrogen-bond donors (Lipinski definition) is 1. The molecule has 3 nitrogen and oxygen atoms in total. The van der Waals surface area contributed by atoms with Gasteiger partial charge < -0.3 is 5.32 Å². The van der Waals surface area contributed by atoms with Crippen molar-refractivity contribution in [2.75, 3.05) is 25.5 Å². The molecule has 1 aliphatic heterocycles. The van der Waals surface area contributed by atoms with Crippen LogP contribution >= 0.6 is 0 Å². The second-order valence-electron chi connectivity index (χ2n) is 5.63. The Morgan fingerprint density at radius 2 is 2.00 bits per heavy atom. The monoisotopic (exact) mass is 280 g/mol. The highest BCUT2D eigenvalue weighted by molar-refractivity contribution is 5.98. The first kappa shape index (κ1) is 13.8. The highest BCUT2D eigenvalue weighted by Crippen LogP contribution is 2.23. The number of rotatable bonds is 5. The van der Waals surface area contributed by atoms with Gasteiger partial charge in [-0.1, -0.05) is 30.3 Å². The number of nitrogens with zero attached hydrogens (tertiary/aromatic N) is 1. The molecule has 0 saturated carbocycles. The summed E-state index contributed by atoms with van der Waals surface area (Å²) >= 11 is 0. The number of nitrogens with one attached hydrogen (secondary N) is 1. The van der Waals surface area contributed by atoms with Crippen molar-refractivity contribution in [3.8, 4) is 0 Å². The number of carbonyl (C=O) groups excluding carboxylic acids is 1. The van der Waals surface area contributed by atoms with E-state index in [1.165, 1.54) is 16.8 Å². The molecule has 1 N–H and O–H groups in total. The third kappa shape index (κ3) is 3.31. The predicted molar refractivity (Wildman–Crippen MR) is 85.7 cm³/mol. The third-order valence-corrected chi connectivity index (χ3v) is 3.85. The minimum absolute atomic E-state index is 0.183. The summed E-state index contributed by atoms with van der Waals surface area (Å²) in [5, 5.41) is 3.32. The Kier molecular flexibility index (Phi) is 4.02. The molecule has 0 unspecified atom stereocenters. The topological polar surface area (TPSA) is 32.3 Å². The molecule has 1 aliphatic rings.